The summed E-state index contributed by atoms with van der Waals surface area (Å²) in [6, 6.07) is 20.5. The molecule has 0 saturated heterocycles. The molecule has 3 heterocycles. The van der Waals surface area contributed by atoms with Gasteiger partial charge in [-0.3, -0.25) is 0 Å². The van der Waals surface area contributed by atoms with Crippen LogP contribution in [0.25, 0.3) is 28.0 Å². The maximum Gasteiger partial charge on any atom is 0.156 e. The lowest BCUT2D eigenvalue weighted by atomic mass is 10.0. The Morgan fingerprint density at radius 3 is 2.33 bits per heavy atom. The maximum absolute atomic E-state index is 4.97. The predicted molar refractivity (Wildman–Crippen MR) is 133 cm³/mol. The highest BCUT2D eigenvalue weighted by Crippen LogP contribution is 2.27. The molecule has 5 aromatic rings. The molecule has 0 saturated carbocycles. The van der Waals surface area contributed by atoms with Crippen molar-refractivity contribution in [2.45, 2.75) is 34.6 Å². The molecule has 0 atom stereocenters. The van der Waals surface area contributed by atoms with Crippen LogP contribution < -0.4 is 5.32 Å². The first-order chi connectivity index (χ1) is 15.9. The van der Waals surface area contributed by atoms with E-state index in [-0.39, 0.29) is 0 Å². The van der Waals surface area contributed by atoms with Gasteiger partial charge in [0.2, 0.25) is 0 Å². The van der Waals surface area contributed by atoms with Gasteiger partial charge in [-0.2, -0.15) is 9.78 Å². The van der Waals surface area contributed by atoms with Crippen molar-refractivity contribution in [1.82, 2.24) is 24.7 Å². The summed E-state index contributed by atoms with van der Waals surface area (Å²) in [6.45, 7) is 10.2. The molecule has 0 amide bonds. The van der Waals surface area contributed by atoms with E-state index in [1.54, 1.807) is 0 Å². The highest BCUT2D eigenvalue weighted by Gasteiger charge is 2.14. The zero-order valence-corrected chi connectivity index (χ0v) is 19.5. The SMILES string of the molecule is Cc1cc(C)c2nc(-n3nc(C)cc3Nc3cc(-c4ccccc4)nc(C)n3)cc(C)c2c1. The second-order valence-electron chi connectivity index (χ2n) is 8.53. The molecular formula is C27H26N6. The lowest BCUT2D eigenvalue weighted by Crippen LogP contribution is -2.07. The van der Waals surface area contributed by atoms with Crippen LogP contribution in [-0.4, -0.2) is 24.7 Å². The summed E-state index contributed by atoms with van der Waals surface area (Å²) >= 11 is 0. The van der Waals surface area contributed by atoms with Crippen LogP contribution in [0, 0.1) is 34.6 Å². The number of benzene rings is 2. The van der Waals surface area contributed by atoms with Crippen LogP contribution in [0.15, 0.2) is 60.7 Å². The number of aromatic nitrogens is 5. The van der Waals surface area contributed by atoms with Crippen LogP contribution in [0.3, 0.4) is 0 Å². The Morgan fingerprint density at radius 2 is 1.55 bits per heavy atom. The summed E-state index contributed by atoms with van der Waals surface area (Å²) in [6.07, 6.45) is 0. The number of nitrogens with zero attached hydrogens (tertiary/aromatic N) is 5. The highest BCUT2D eigenvalue weighted by atomic mass is 15.4. The summed E-state index contributed by atoms with van der Waals surface area (Å²) in [5.74, 6) is 3.00. The van der Waals surface area contributed by atoms with E-state index in [1.165, 1.54) is 16.5 Å². The van der Waals surface area contributed by atoms with Crippen molar-refractivity contribution in [2.24, 2.45) is 0 Å². The van der Waals surface area contributed by atoms with Crippen LogP contribution in [0.4, 0.5) is 11.6 Å². The monoisotopic (exact) mass is 434 g/mol. The molecule has 5 rings (SSSR count). The van der Waals surface area contributed by atoms with Gasteiger partial charge in [0.25, 0.3) is 0 Å². The summed E-state index contributed by atoms with van der Waals surface area (Å²) in [7, 11) is 0. The third kappa shape index (κ3) is 4.07. The van der Waals surface area contributed by atoms with Crippen molar-refractivity contribution in [3.63, 3.8) is 0 Å². The first-order valence-electron chi connectivity index (χ1n) is 11.0. The number of anilines is 2. The maximum atomic E-state index is 4.97. The molecule has 3 aromatic heterocycles. The molecule has 0 fully saturated rings. The first kappa shape index (κ1) is 20.8. The van der Waals surface area contributed by atoms with Gasteiger partial charge in [-0.15, -0.1) is 0 Å². The summed E-state index contributed by atoms with van der Waals surface area (Å²) in [5.41, 5.74) is 7.39. The largest absolute Gasteiger partial charge is 0.325 e. The molecule has 164 valence electrons. The Balaban J connectivity index is 1.58. The Morgan fingerprint density at radius 1 is 0.758 bits per heavy atom. The number of nitrogens with one attached hydrogen (secondary N) is 1. The molecule has 0 aliphatic carbocycles. The molecule has 0 bridgehead atoms. The summed E-state index contributed by atoms with van der Waals surface area (Å²) in [4.78, 5) is 14.2. The number of pyridine rings is 1. The van der Waals surface area contributed by atoms with Crippen LogP contribution in [-0.2, 0) is 0 Å². The van der Waals surface area contributed by atoms with Gasteiger partial charge >= 0.3 is 0 Å². The zero-order valence-electron chi connectivity index (χ0n) is 19.5. The van der Waals surface area contributed by atoms with Crippen molar-refractivity contribution < 1.29 is 0 Å². The average molecular weight is 435 g/mol. The number of hydrogen-bond donors (Lipinski definition) is 1. The van der Waals surface area contributed by atoms with Gasteiger partial charge < -0.3 is 5.32 Å². The van der Waals surface area contributed by atoms with Gasteiger partial charge in [0.15, 0.2) is 5.82 Å². The molecule has 0 spiro atoms. The van der Waals surface area contributed by atoms with E-state index < -0.39 is 0 Å². The van der Waals surface area contributed by atoms with E-state index >= 15 is 0 Å². The Hall–Kier alpha value is -4.06. The van der Waals surface area contributed by atoms with Gasteiger partial charge in [-0.05, 0) is 57.9 Å². The van der Waals surface area contributed by atoms with E-state index in [9.17, 15) is 0 Å². The Kier molecular flexibility index (Phi) is 5.13. The average Bonchev–Trinajstić information content (AvgIpc) is 3.14. The van der Waals surface area contributed by atoms with Crippen LogP contribution in [0.2, 0.25) is 0 Å². The molecular weight excluding hydrogens is 408 g/mol. The molecule has 6 heteroatoms. The van der Waals surface area contributed by atoms with Crippen LogP contribution in [0.5, 0.6) is 0 Å². The minimum absolute atomic E-state index is 0.701. The van der Waals surface area contributed by atoms with Crippen molar-refractivity contribution >= 4 is 22.5 Å². The van der Waals surface area contributed by atoms with Crippen molar-refractivity contribution in [3.8, 4) is 17.1 Å². The number of fused-ring (bicyclic) bond motifs is 1. The van der Waals surface area contributed by atoms with Crippen molar-refractivity contribution in [1.29, 1.82) is 0 Å². The van der Waals surface area contributed by atoms with Gasteiger partial charge in [0, 0.05) is 23.1 Å². The fourth-order valence-electron chi connectivity index (χ4n) is 4.22. The van der Waals surface area contributed by atoms with Crippen molar-refractivity contribution in [2.75, 3.05) is 5.32 Å². The van der Waals surface area contributed by atoms with Gasteiger partial charge in [-0.25, -0.2) is 15.0 Å². The quantitative estimate of drug-likeness (QED) is 0.367. The third-order valence-electron chi connectivity index (χ3n) is 5.65. The molecule has 0 aliphatic heterocycles. The fraction of sp³-hybridized carbons (Fsp3) is 0.185. The van der Waals surface area contributed by atoms with E-state index in [1.807, 2.05) is 61.0 Å². The predicted octanol–water partition coefficient (Wildman–Crippen LogP) is 6.16. The first-order valence-corrected chi connectivity index (χ1v) is 11.0. The standard InChI is InChI=1S/C27H26N6/c1-16-11-18(3)27-22(12-16)17(2)13-25(31-27)33-26(14-19(4)32-33)30-24-15-23(28-20(5)29-24)21-9-7-6-8-10-21/h6-15H,1-5H3,(H,28,29,30). The van der Waals surface area contributed by atoms with Gasteiger partial charge in [-0.1, -0.05) is 42.0 Å². The van der Waals surface area contributed by atoms with E-state index in [0.29, 0.717) is 11.6 Å². The topological polar surface area (TPSA) is 68.5 Å². The zero-order chi connectivity index (χ0) is 23.1. The minimum Gasteiger partial charge on any atom is -0.325 e. The number of aryl methyl sites for hydroxylation is 5. The van der Waals surface area contributed by atoms with Crippen LogP contribution in [0.1, 0.15) is 28.2 Å². The second kappa shape index (κ2) is 8.13. The normalized spacial score (nSPS) is 11.2. The van der Waals surface area contributed by atoms with E-state index in [2.05, 4.69) is 54.3 Å². The molecule has 0 radical (unpaired) electrons. The smallest absolute Gasteiger partial charge is 0.156 e. The number of hydrogen-bond acceptors (Lipinski definition) is 5. The lowest BCUT2D eigenvalue weighted by molar-refractivity contribution is 0.841. The Bertz CT molecular complexity index is 1480. The summed E-state index contributed by atoms with van der Waals surface area (Å²) < 4.78 is 1.85. The third-order valence-corrected chi connectivity index (χ3v) is 5.65. The van der Waals surface area contributed by atoms with Crippen molar-refractivity contribution in [3.05, 3.63) is 88.9 Å². The second-order valence-corrected chi connectivity index (χ2v) is 8.53. The fourth-order valence-corrected chi connectivity index (χ4v) is 4.22. The van der Waals surface area contributed by atoms with Gasteiger partial charge in [0.05, 0.1) is 16.9 Å². The Labute approximate surface area is 193 Å². The molecule has 1 N–H and O–H groups in total. The van der Waals surface area contributed by atoms with E-state index in [0.717, 1.165) is 39.7 Å². The molecule has 33 heavy (non-hydrogen) atoms. The molecule has 2 aromatic carbocycles. The van der Waals surface area contributed by atoms with Crippen LogP contribution >= 0.6 is 0 Å². The highest BCUT2D eigenvalue weighted by molar-refractivity contribution is 5.86. The summed E-state index contributed by atoms with van der Waals surface area (Å²) in [5, 5.41) is 9.34. The molecule has 0 unspecified atom stereocenters. The number of rotatable bonds is 4. The minimum atomic E-state index is 0.701. The van der Waals surface area contributed by atoms with Gasteiger partial charge in [0.1, 0.15) is 17.5 Å². The molecule has 6 nitrogen and oxygen atoms in total. The lowest BCUT2D eigenvalue weighted by Gasteiger charge is -2.13. The van der Waals surface area contributed by atoms with E-state index in [4.69, 9.17) is 10.1 Å². The molecule has 0 aliphatic rings.